The average molecular weight is 248 g/mol. The average Bonchev–Trinajstić information content (AvgIpc) is 1.96. The van der Waals surface area contributed by atoms with Crippen LogP contribution in [0.2, 0.25) is 0 Å². The van der Waals surface area contributed by atoms with E-state index >= 15 is 0 Å². The minimum absolute atomic E-state index is 0.935. The maximum Gasteiger partial charge on any atom is 0.379 e. The molecule has 0 aliphatic rings. The van der Waals surface area contributed by atoms with Gasteiger partial charge in [-0.2, -0.15) is 0 Å². The Hall–Kier alpha value is -1.14. The number of hydrogen-bond donors (Lipinski definition) is 2. The highest BCUT2D eigenvalue weighted by atomic mass is 16.7. The highest BCUT2D eigenvalue weighted by Crippen LogP contribution is 2.17. The summed E-state index contributed by atoms with van der Waals surface area (Å²) in [5, 5.41) is 18.8. The standard InChI is InChI=1S/C11H20O6/c1-9(2,3)16-7(12)11(14,15)8(13)17-10(4,5)6/h14-15H,1-6H3. The lowest BCUT2D eigenvalue weighted by Gasteiger charge is -2.27. The zero-order valence-electron chi connectivity index (χ0n) is 11.0. The van der Waals surface area contributed by atoms with Crippen molar-refractivity contribution in [2.75, 3.05) is 0 Å². The topological polar surface area (TPSA) is 93.1 Å². The van der Waals surface area contributed by atoms with Crippen molar-refractivity contribution in [3.8, 4) is 0 Å². The third-order valence-electron chi connectivity index (χ3n) is 1.37. The molecule has 0 fully saturated rings. The first-order valence-corrected chi connectivity index (χ1v) is 5.17. The molecule has 0 atom stereocenters. The molecule has 0 saturated heterocycles. The van der Waals surface area contributed by atoms with Gasteiger partial charge in [-0.25, -0.2) is 9.59 Å². The second-order valence-electron chi connectivity index (χ2n) is 5.68. The van der Waals surface area contributed by atoms with Crippen LogP contribution in [0.1, 0.15) is 41.5 Å². The van der Waals surface area contributed by atoms with Crippen LogP contribution in [0, 0.1) is 0 Å². The zero-order valence-corrected chi connectivity index (χ0v) is 11.0. The van der Waals surface area contributed by atoms with E-state index in [1.165, 1.54) is 41.5 Å². The summed E-state index contributed by atoms with van der Waals surface area (Å²) in [6.07, 6.45) is 0. The van der Waals surface area contributed by atoms with Gasteiger partial charge in [-0.05, 0) is 41.5 Å². The van der Waals surface area contributed by atoms with E-state index in [1.54, 1.807) is 0 Å². The van der Waals surface area contributed by atoms with Crippen molar-refractivity contribution in [1.29, 1.82) is 0 Å². The molecule has 0 aromatic carbocycles. The van der Waals surface area contributed by atoms with Crippen molar-refractivity contribution in [1.82, 2.24) is 0 Å². The molecule has 0 aliphatic heterocycles. The minimum Gasteiger partial charge on any atom is -0.456 e. The van der Waals surface area contributed by atoms with Gasteiger partial charge in [0.25, 0.3) is 0 Å². The lowest BCUT2D eigenvalue weighted by atomic mass is 10.1. The molecule has 0 aliphatic carbocycles. The molecule has 0 spiro atoms. The van der Waals surface area contributed by atoms with Gasteiger partial charge >= 0.3 is 17.7 Å². The smallest absolute Gasteiger partial charge is 0.379 e. The van der Waals surface area contributed by atoms with Gasteiger partial charge in [0, 0.05) is 0 Å². The van der Waals surface area contributed by atoms with Crippen molar-refractivity contribution in [3.05, 3.63) is 0 Å². The van der Waals surface area contributed by atoms with Crippen molar-refractivity contribution < 1.29 is 29.3 Å². The molecular formula is C11H20O6. The molecule has 0 unspecified atom stereocenters. The normalized spacial score (nSPS) is 13.2. The second kappa shape index (κ2) is 4.62. The fourth-order valence-electron chi connectivity index (χ4n) is 0.782. The SMILES string of the molecule is CC(C)(C)OC(=O)C(O)(O)C(=O)OC(C)(C)C. The van der Waals surface area contributed by atoms with Crippen LogP contribution in [0.15, 0.2) is 0 Å². The molecular weight excluding hydrogens is 228 g/mol. The van der Waals surface area contributed by atoms with Gasteiger partial charge in [0.2, 0.25) is 0 Å². The van der Waals surface area contributed by atoms with Gasteiger partial charge in [-0.15, -0.1) is 0 Å². The molecule has 0 aromatic rings. The Morgan fingerprint density at radius 1 is 0.765 bits per heavy atom. The first kappa shape index (κ1) is 15.9. The molecule has 6 nitrogen and oxygen atoms in total. The van der Waals surface area contributed by atoms with Gasteiger partial charge in [-0.3, -0.25) is 0 Å². The van der Waals surface area contributed by atoms with E-state index in [0.29, 0.717) is 0 Å². The monoisotopic (exact) mass is 248 g/mol. The maximum atomic E-state index is 11.4. The molecule has 0 saturated carbocycles. The molecule has 100 valence electrons. The van der Waals surface area contributed by atoms with E-state index in [1.807, 2.05) is 0 Å². The van der Waals surface area contributed by atoms with Gasteiger partial charge in [0.1, 0.15) is 11.2 Å². The lowest BCUT2D eigenvalue weighted by molar-refractivity contribution is -0.235. The summed E-state index contributed by atoms with van der Waals surface area (Å²) in [6, 6.07) is 0. The fraction of sp³-hybridized carbons (Fsp3) is 0.818. The van der Waals surface area contributed by atoms with Crippen LogP contribution in [-0.4, -0.2) is 39.1 Å². The first-order valence-electron chi connectivity index (χ1n) is 5.17. The number of carbonyl (C=O) groups excluding carboxylic acids is 2. The summed E-state index contributed by atoms with van der Waals surface area (Å²) >= 11 is 0. The van der Waals surface area contributed by atoms with E-state index in [4.69, 9.17) is 9.47 Å². The largest absolute Gasteiger partial charge is 0.456 e. The highest BCUT2D eigenvalue weighted by Gasteiger charge is 2.48. The molecule has 6 heteroatoms. The predicted octanol–water partition coefficient (Wildman–Crippen LogP) is 0.351. The number of esters is 2. The number of ether oxygens (including phenoxy) is 2. The van der Waals surface area contributed by atoms with Crippen LogP contribution in [0.4, 0.5) is 0 Å². The van der Waals surface area contributed by atoms with Crippen LogP contribution >= 0.6 is 0 Å². The Balaban J connectivity index is 4.78. The van der Waals surface area contributed by atoms with Crippen molar-refractivity contribution in [3.63, 3.8) is 0 Å². The van der Waals surface area contributed by atoms with Crippen LogP contribution in [0.5, 0.6) is 0 Å². The lowest BCUT2D eigenvalue weighted by Crippen LogP contribution is -2.52. The van der Waals surface area contributed by atoms with Gasteiger partial charge in [0.05, 0.1) is 0 Å². The Morgan fingerprint density at radius 2 is 1.00 bits per heavy atom. The van der Waals surface area contributed by atoms with Gasteiger partial charge in [-0.1, -0.05) is 0 Å². The Labute approximate surface area is 101 Å². The molecule has 0 amide bonds. The van der Waals surface area contributed by atoms with Crippen molar-refractivity contribution in [2.45, 2.75) is 58.5 Å². The van der Waals surface area contributed by atoms with E-state index < -0.39 is 28.9 Å². The Bertz CT molecular complexity index is 275. The molecule has 0 aromatic heterocycles. The molecule has 2 N–H and O–H groups in total. The van der Waals surface area contributed by atoms with Gasteiger partial charge < -0.3 is 19.7 Å². The summed E-state index contributed by atoms with van der Waals surface area (Å²) in [7, 11) is 0. The molecule has 0 heterocycles. The van der Waals surface area contributed by atoms with E-state index in [-0.39, 0.29) is 0 Å². The first-order chi connectivity index (χ1) is 7.26. The summed E-state index contributed by atoms with van der Waals surface area (Å²) in [6.45, 7) is 9.23. The summed E-state index contributed by atoms with van der Waals surface area (Å²) in [5.74, 6) is -6.21. The van der Waals surface area contributed by atoms with Crippen LogP contribution in [-0.2, 0) is 19.1 Å². The van der Waals surface area contributed by atoms with E-state index in [9.17, 15) is 19.8 Å². The second-order valence-corrected chi connectivity index (χ2v) is 5.68. The fourth-order valence-corrected chi connectivity index (χ4v) is 0.782. The van der Waals surface area contributed by atoms with E-state index in [2.05, 4.69) is 0 Å². The molecule has 0 radical (unpaired) electrons. The van der Waals surface area contributed by atoms with Crippen LogP contribution in [0.3, 0.4) is 0 Å². The third kappa shape index (κ3) is 5.65. The minimum atomic E-state index is -3.29. The van der Waals surface area contributed by atoms with Gasteiger partial charge in [0.15, 0.2) is 0 Å². The number of rotatable bonds is 2. The summed E-state index contributed by atoms with van der Waals surface area (Å²) in [4.78, 5) is 22.8. The quantitative estimate of drug-likeness (QED) is 0.416. The molecule has 0 rings (SSSR count). The predicted molar refractivity (Wildman–Crippen MR) is 58.9 cm³/mol. The van der Waals surface area contributed by atoms with Crippen molar-refractivity contribution >= 4 is 11.9 Å². The van der Waals surface area contributed by atoms with Crippen LogP contribution < -0.4 is 0 Å². The third-order valence-corrected chi connectivity index (χ3v) is 1.37. The Kier molecular flexibility index (Phi) is 4.31. The number of aliphatic hydroxyl groups is 2. The number of hydrogen-bond acceptors (Lipinski definition) is 6. The zero-order chi connectivity index (χ0) is 14.1. The summed E-state index contributed by atoms with van der Waals surface area (Å²) < 4.78 is 9.40. The molecule has 17 heavy (non-hydrogen) atoms. The highest BCUT2D eigenvalue weighted by molar-refractivity contribution is 6.01. The number of carbonyl (C=O) groups is 2. The maximum absolute atomic E-state index is 11.4. The summed E-state index contributed by atoms with van der Waals surface area (Å²) in [5.41, 5.74) is -1.87. The van der Waals surface area contributed by atoms with Crippen LogP contribution in [0.25, 0.3) is 0 Å². The van der Waals surface area contributed by atoms with Crippen molar-refractivity contribution in [2.24, 2.45) is 0 Å². The van der Waals surface area contributed by atoms with E-state index in [0.717, 1.165) is 0 Å². The Morgan fingerprint density at radius 3 is 1.18 bits per heavy atom. The molecule has 0 bridgehead atoms.